The van der Waals surface area contributed by atoms with Gasteiger partial charge in [0.25, 0.3) is 0 Å². The van der Waals surface area contributed by atoms with Crippen molar-refractivity contribution in [1.82, 2.24) is 9.97 Å². The second kappa shape index (κ2) is 10.3. The van der Waals surface area contributed by atoms with Gasteiger partial charge in [0.1, 0.15) is 22.7 Å². The first-order chi connectivity index (χ1) is 16.3. The zero-order valence-electron chi connectivity index (χ0n) is 19.3. The first-order valence-electron chi connectivity index (χ1n) is 12.2. The lowest BCUT2D eigenvalue weighted by Crippen LogP contribution is -2.02. The molecule has 0 spiro atoms. The van der Waals surface area contributed by atoms with Crippen LogP contribution in [0.1, 0.15) is 56.6 Å². The maximum absolute atomic E-state index is 5.89. The average molecular weight is 458 g/mol. The van der Waals surface area contributed by atoms with E-state index < -0.39 is 0 Å². The highest BCUT2D eigenvalue weighted by Gasteiger charge is 2.16. The lowest BCUT2D eigenvalue weighted by molar-refractivity contribution is 0.305. The number of benzene rings is 2. The molecule has 0 radical (unpaired) electrons. The second-order valence-corrected chi connectivity index (χ2v) is 9.66. The number of ether oxygens (including phenoxy) is 1. The number of nitrogens with one attached hydrogen (secondary N) is 1. The Morgan fingerprint density at radius 3 is 2.64 bits per heavy atom. The highest BCUT2D eigenvalue weighted by molar-refractivity contribution is 7.17. The molecular weight excluding hydrogens is 426 g/mol. The molecule has 4 nitrogen and oxygen atoms in total. The standard InChI is InChI=1S/C28H31N3OS/c1-2-3-4-7-16-32-24-14-12-23(13-15-24)31-27-26-25(18-33-28(26)30-19-29-27)22-11-10-20-8-5-6-9-21(20)17-22/h10-15,17-19H,2-9,16H2,1H3,(H,29,30,31). The van der Waals surface area contributed by atoms with Gasteiger partial charge in [-0.3, -0.25) is 0 Å². The predicted molar refractivity (Wildman–Crippen MR) is 139 cm³/mol. The summed E-state index contributed by atoms with van der Waals surface area (Å²) in [5.74, 6) is 1.76. The summed E-state index contributed by atoms with van der Waals surface area (Å²) in [5, 5.41) is 6.82. The van der Waals surface area contributed by atoms with Crippen LogP contribution in [-0.2, 0) is 12.8 Å². The van der Waals surface area contributed by atoms with Crippen LogP contribution in [0.15, 0.2) is 54.2 Å². The Morgan fingerprint density at radius 2 is 1.79 bits per heavy atom. The van der Waals surface area contributed by atoms with Gasteiger partial charge in [-0.25, -0.2) is 9.97 Å². The fourth-order valence-corrected chi connectivity index (χ4v) is 5.49. The van der Waals surface area contributed by atoms with E-state index in [2.05, 4.69) is 57.9 Å². The maximum Gasteiger partial charge on any atom is 0.143 e. The van der Waals surface area contributed by atoms with Gasteiger partial charge in [-0.2, -0.15) is 0 Å². The summed E-state index contributed by atoms with van der Waals surface area (Å²) in [6.45, 7) is 3.00. The molecule has 170 valence electrons. The number of unbranched alkanes of at least 4 members (excludes halogenated alkanes) is 3. The number of hydrogen-bond donors (Lipinski definition) is 1. The van der Waals surface area contributed by atoms with Gasteiger partial charge >= 0.3 is 0 Å². The number of nitrogens with zero attached hydrogens (tertiary/aromatic N) is 2. The Hall–Kier alpha value is -2.92. The van der Waals surface area contributed by atoms with Crippen molar-refractivity contribution < 1.29 is 4.74 Å². The molecule has 0 aliphatic heterocycles. The van der Waals surface area contributed by atoms with Gasteiger partial charge in [-0.1, -0.05) is 44.4 Å². The third-order valence-corrected chi connectivity index (χ3v) is 7.30. The predicted octanol–water partition coefficient (Wildman–Crippen LogP) is 7.94. The summed E-state index contributed by atoms with van der Waals surface area (Å²) in [6.07, 6.45) is 11.5. The topological polar surface area (TPSA) is 47.0 Å². The molecule has 0 amide bonds. The van der Waals surface area contributed by atoms with Crippen molar-refractivity contribution in [2.24, 2.45) is 0 Å². The number of aryl methyl sites for hydroxylation is 2. The highest BCUT2D eigenvalue weighted by Crippen LogP contribution is 2.38. The molecule has 0 saturated carbocycles. The van der Waals surface area contributed by atoms with Crippen LogP contribution in [0.5, 0.6) is 5.75 Å². The second-order valence-electron chi connectivity index (χ2n) is 8.80. The van der Waals surface area contributed by atoms with Gasteiger partial charge in [0.15, 0.2) is 0 Å². The van der Waals surface area contributed by atoms with E-state index in [0.717, 1.165) is 40.5 Å². The Labute approximate surface area is 200 Å². The molecule has 0 bridgehead atoms. The van der Waals surface area contributed by atoms with Crippen LogP contribution in [-0.4, -0.2) is 16.6 Å². The molecule has 0 unspecified atom stereocenters. The number of anilines is 2. The van der Waals surface area contributed by atoms with Crippen LogP contribution >= 0.6 is 11.3 Å². The molecular formula is C28H31N3OS. The van der Waals surface area contributed by atoms with E-state index in [9.17, 15) is 0 Å². The summed E-state index contributed by atoms with van der Waals surface area (Å²) in [4.78, 5) is 10.1. The lowest BCUT2D eigenvalue weighted by Gasteiger charge is -2.16. The SMILES string of the molecule is CCCCCCOc1ccc(Nc2ncnc3scc(-c4ccc5c(c4)CCCC5)c23)cc1. The molecule has 1 aliphatic carbocycles. The summed E-state index contributed by atoms with van der Waals surface area (Å²) >= 11 is 1.68. The largest absolute Gasteiger partial charge is 0.494 e. The Balaban J connectivity index is 1.36. The highest BCUT2D eigenvalue weighted by atomic mass is 32.1. The van der Waals surface area contributed by atoms with Crippen LogP contribution in [0, 0.1) is 0 Å². The van der Waals surface area contributed by atoms with Gasteiger partial charge < -0.3 is 10.1 Å². The Kier molecular flexibility index (Phi) is 6.87. The molecule has 2 heterocycles. The minimum atomic E-state index is 0.776. The molecule has 2 aromatic heterocycles. The van der Waals surface area contributed by atoms with Gasteiger partial charge in [-0.05, 0) is 73.1 Å². The van der Waals surface area contributed by atoms with Crippen molar-refractivity contribution >= 4 is 33.1 Å². The Morgan fingerprint density at radius 1 is 0.939 bits per heavy atom. The third-order valence-electron chi connectivity index (χ3n) is 6.41. The van der Waals surface area contributed by atoms with Crippen molar-refractivity contribution in [1.29, 1.82) is 0 Å². The van der Waals surface area contributed by atoms with Crippen molar-refractivity contribution in [3.63, 3.8) is 0 Å². The first-order valence-corrected chi connectivity index (χ1v) is 13.0. The smallest absolute Gasteiger partial charge is 0.143 e. The molecule has 1 aliphatic rings. The molecule has 33 heavy (non-hydrogen) atoms. The van der Waals surface area contributed by atoms with Crippen LogP contribution in [0.3, 0.4) is 0 Å². The van der Waals surface area contributed by atoms with E-state index in [4.69, 9.17) is 4.74 Å². The van der Waals surface area contributed by atoms with Crippen LogP contribution in [0.25, 0.3) is 21.3 Å². The summed E-state index contributed by atoms with van der Waals surface area (Å²) < 4.78 is 5.89. The molecule has 0 fully saturated rings. The van der Waals surface area contributed by atoms with Gasteiger partial charge in [0.2, 0.25) is 0 Å². The van der Waals surface area contributed by atoms with Gasteiger partial charge in [0, 0.05) is 16.6 Å². The maximum atomic E-state index is 5.89. The van der Waals surface area contributed by atoms with Crippen LogP contribution in [0.2, 0.25) is 0 Å². The molecule has 5 heteroatoms. The fraction of sp³-hybridized carbons (Fsp3) is 0.357. The van der Waals surface area contributed by atoms with E-state index in [-0.39, 0.29) is 0 Å². The number of aromatic nitrogens is 2. The van der Waals surface area contributed by atoms with Crippen LogP contribution < -0.4 is 10.1 Å². The quantitative estimate of drug-likeness (QED) is 0.259. The molecule has 2 aromatic carbocycles. The van der Waals surface area contributed by atoms with Crippen LogP contribution in [0.4, 0.5) is 11.5 Å². The first kappa shape index (κ1) is 21.9. The normalized spacial score (nSPS) is 13.1. The molecule has 1 N–H and O–H groups in total. The van der Waals surface area contributed by atoms with Gasteiger partial charge in [-0.15, -0.1) is 11.3 Å². The zero-order chi connectivity index (χ0) is 22.5. The van der Waals surface area contributed by atoms with Gasteiger partial charge in [0.05, 0.1) is 12.0 Å². The molecule has 0 atom stereocenters. The monoisotopic (exact) mass is 457 g/mol. The van der Waals surface area contributed by atoms with Crippen molar-refractivity contribution in [3.05, 3.63) is 65.3 Å². The molecule has 0 saturated heterocycles. The average Bonchev–Trinajstić information content (AvgIpc) is 3.30. The lowest BCUT2D eigenvalue weighted by atomic mass is 9.89. The van der Waals surface area contributed by atoms with E-state index in [0.29, 0.717) is 0 Å². The minimum Gasteiger partial charge on any atom is -0.494 e. The van der Waals surface area contributed by atoms with Crippen molar-refractivity contribution in [2.45, 2.75) is 58.3 Å². The van der Waals surface area contributed by atoms with E-state index in [1.165, 1.54) is 67.2 Å². The zero-order valence-corrected chi connectivity index (χ0v) is 20.1. The van der Waals surface area contributed by atoms with Crippen molar-refractivity contribution in [2.75, 3.05) is 11.9 Å². The fourth-order valence-electron chi connectivity index (χ4n) is 4.57. The van der Waals surface area contributed by atoms with Crippen molar-refractivity contribution in [3.8, 4) is 16.9 Å². The summed E-state index contributed by atoms with van der Waals surface area (Å²) in [7, 11) is 0. The summed E-state index contributed by atoms with van der Waals surface area (Å²) in [6, 6.07) is 15.1. The number of fused-ring (bicyclic) bond motifs is 2. The van der Waals surface area contributed by atoms with E-state index >= 15 is 0 Å². The molecule has 4 aromatic rings. The third kappa shape index (κ3) is 5.03. The minimum absolute atomic E-state index is 0.776. The Bertz CT molecular complexity index is 1220. The van der Waals surface area contributed by atoms with E-state index in [1.54, 1.807) is 17.7 Å². The molecule has 5 rings (SSSR count). The number of thiophene rings is 1. The van der Waals surface area contributed by atoms with E-state index in [1.807, 2.05) is 12.1 Å². The summed E-state index contributed by atoms with van der Waals surface area (Å²) in [5.41, 5.74) is 6.46. The number of rotatable bonds is 9. The number of hydrogen-bond acceptors (Lipinski definition) is 5.